The Morgan fingerprint density at radius 2 is 1.45 bits per heavy atom. The lowest BCUT2D eigenvalue weighted by Crippen LogP contribution is -2.64. The second kappa shape index (κ2) is 8.50. The van der Waals surface area contributed by atoms with E-state index in [0.717, 1.165) is 0 Å². The number of Topliss-reactive ketones (excluding diaryl/α,β-unsaturated/α-hetero) is 2. The summed E-state index contributed by atoms with van der Waals surface area (Å²) in [6, 6.07) is 15.3. The molecule has 1 amide bonds. The van der Waals surface area contributed by atoms with E-state index in [1.54, 1.807) is 54.6 Å². The maximum absolute atomic E-state index is 12.9. The highest BCUT2D eigenvalue weighted by Gasteiger charge is 2.48. The maximum atomic E-state index is 12.9. The van der Waals surface area contributed by atoms with Gasteiger partial charge in [-0.25, -0.2) is 0 Å². The van der Waals surface area contributed by atoms with Gasteiger partial charge in [-0.15, -0.1) is 0 Å². The quantitative estimate of drug-likeness (QED) is 0.381. The van der Waals surface area contributed by atoms with Crippen LogP contribution in [-0.4, -0.2) is 39.6 Å². The Bertz CT molecular complexity index is 989. The van der Waals surface area contributed by atoms with E-state index in [0.29, 0.717) is 24.2 Å². The standard InChI is InChI=1S/C26H29NO4/c1-6-22(28)27-25(2,3)16-19(17-26(27,4)5)31-21-15-11-10-14-20(21)24(30)23(29)18-12-8-7-9-13-18/h6-15,19H,1,16-17H2,2-5H3. The number of carbonyl (C=O) groups is 3. The van der Waals surface area contributed by atoms with Gasteiger partial charge >= 0.3 is 0 Å². The van der Waals surface area contributed by atoms with Crippen molar-refractivity contribution in [2.75, 3.05) is 0 Å². The molecule has 1 aliphatic heterocycles. The normalized spacial score (nSPS) is 17.6. The number of benzene rings is 2. The zero-order chi connectivity index (χ0) is 22.8. The summed E-state index contributed by atoms with van der Waals surface area (Å²) in [5.41, 5.74) is -0.329. The van der Waals surface area contributed by atoms with Gasteiger partial charge in [0.1, 0.15) is 11.9 Å². The highest BCUT2D eigenvalue weighted by molar-refractivity contribution is 6.49. The monoisotopic (exact) mass is 419 g/mol. The van der Waals surface area contributed by atoms with Crippen molar-refractivity contribution in [2.45, 2.75) is 57.7 Å². The van der Waals surface area contributed by atoms with E-state index in [1.165, 1.54) is 6.08 Å². The molecule has 1 heterocycles. The molecule has 3 rings (SSSR count). The van der Waals surface area contributed by atoms with Crippen molar-refractivity contribution in [3.05, 3.63) is 78.4 Å². The predicted octanol–water partition coefficient (Wildman–Crippen LogP) is 4.87. The Morgan fingerprint density at radius 1 is 0.903 bits per heavy atom. The van der Waals surface area contributed by atoms with Gasteiger partial charge in [0.2, 0.25) is 17.5 Å². The van der Waals surface area contributed by atoms with Crippen molar-refractivity contribution in [3.63, 3.8) is 0 Å². The Balaban J connectivity index is 1.86. The Kier molecular flexibility index (Phi) is 6.16. The molecule has 0 atom stereocenters. The summed E-state index contributed by atoms with van der Waals surface area (Å²) in [7, 11) is 0. The van der Waals surface area contributed by atoms with Gasteiger partial charge in [-0.3, -0.25) is 14.4 Å². The number of para-hydroxylation sites is 1. The number of nitrogens with zero attached hydrogens (tertiary/aromatic N) is 1. The highest BCUT2D eigenvalue weighted by atomic mass is 16.5. The van der Waals surface area contributed by atoms with Crippen LogP contribution in [0.25, 0.3) is 0 Å². The molecular formula is C26H29NO4. The van der Waals surface area contributed by atoms with Crippen LogP contribution in [0.5, 0.6) is 5.75 Å². The molecule has 0 aliphatic carbocycles. The Morgan fingerprint density at radius 3 is 2.03 bits per heavy atom. The number of carbonyl (C=O) groups excluding carboxylic acids is 3. The predicted molar refractivity (Wildman–Crippen MR) is 120 cm³/mol. The first-order valence-electron chi connectivity index (χ1n) is 10.4. The molecule has 0 saturated carbocycles. The summed E-state index contributed by atoms with van der Waals surface area (Å²) >= 11 is 0. The van der Waals surface area contributed by atoms with E-state index in [-0.39, 0.29) is 17.6 Å². The van der Waals surface area contributed by atoms with E-state index in [1.807, 2.05) is 32.6 Å². The van der Waals surface area contributed by atoms with E-state index in [9.17, 15) is 14.4 Å². The average Bonchev–Trinajstić information content (AvgIpc) is 2.71. The van der Waals surface area contributed by atoms with Gasteiger partial charge in [-0.05, 0) is 45.9 Å². The van der Waals surface area contributed by atoms with Crippen molar-refractivity contribution in [1.29, 1.82) is 0 Å². The summed E-state index contributed by atoms with van der Waals surface area (Å²) in [6.45, 7) is 11.6. The number of likely N-dealkylation sites (tertiary alicyclic amines) is 1. The first kappa shape index (κ1) is 22.5. The lowest BCUT2D eigenvalue weighted by Gasteiger charge is -2.54. The van der Waals surface area contributed by atoms with Crippen LogP contribution >= 0.6 is 0 Å². The molecule has 0 bridgehead atoms. The number of ether oxygens (including phenoxy) is 1. The van der Waals surface area contributed by atoms with Crippen molar-refractivity contribution in [1.82, 2.24) is 4.90 Å². The number of amides is 1. The van der Waals surface area contributed by atoms with Crippen LogP contribution in [0, 0.1) is 0 Å². The van der Waals surface area contributed by atoms with E-state index in [4.69, 9.17) is 4.74 Å². The number of piperidine rings is 1. The van der Waals surface area contributed by atoms with E-state index in [2.05, 4.69) is 6.58 Å². The summed E-state index contributed by atoms with van der Waals surface area (Å²) < 4.78 is 6.29. The second-order valence-corrected chi connectivity index (χ2v) is 9.17. The SMILES string of the molecule is C=CC(=O)N1C(C)(C)CC(Oc2ccccc2C(=O)C(=O)c2ccccc2)CC1(C)C. The molecule has 2 aromatic carbocycles. The van der Waals surface area contributed by atoms with Crippen molar-refractivity contribution < 1.29 is 19.1 Å². The molecule has 1 saturated heterocycles. The third kappa shape index (κ3) is 4.61. The molecule has 0 unspecified atom stereocenters. The molecule has 31 heavy (non-hydrogen) atoms. The molecular weight excluding hydrogens is 390 g/mol. The van der Waals surface area contributed by atoms with E-state index >= 15 is 0 Å². The minimum absolute atomic E-state index is 0.113. The van der Waals surface area contributed by atoms with Crippen molar-refractivity contribution in [2.24, 2.45) is 0 Å². The smallest absolute Gasteiger partial charge is 0.246 e. The summed E-state index contributed by atoms with van der Waals surface area (Å²) in [6.07, 6.45) is 2.30. The third-order valence-corrected chi connectivity index (χ3v) is 5.73. The van der Waals surface area contributed by atoms with Gasteiger partial charge in [0, 0.05) is 29.5 Å². The van der Waals surface area contributed by atoms with Gasteiger partial charge in [-0.1, -0.05) is 49.0 Å². The van der Waals surface area contributed by atoms with Crippen LogP contribution in [0.3, 0.4) is 0 Å². The van der Waals surface area contributed by atoms with Crippen LogP contribution in [0.4, 0.5) is 0 Å². The molecule has 5 heteroatoms. The lowest BCUT2D eigenvalue weighted by molar-refractivity contribution is -0.148. The summed E-state index contributed by atoms with van der Waals surface area (Å²) in [5, 5.41) is 0. The third-order valence-electron chi connectivity index (χ3n) is 5.73. The molecule has 0 spiro atoms. The largest absolute Gasteiger partial charge is 0.489 e. The zero-order valence-corrected chi connectivity index (χ0v) is 18.6. The fourth-order valence-electron chi connectivity index (χ4n) is 4.74. The zero-order valence-electron chi connectivity index (χ0n) is 18.6. The van der Waals surface area contributed by atoms with Gasteiger partial charge in [0.25, 0.3) is 0 Å². The number of hydrogen-bond acceptors (Lipinski definition) is 4. The fourth-order valence-corrected chi connectivity index (χ4v) is 4.74. The van der Waals surface area contributed by atoms with Gasteiger partial charge < -0.3 is 9.64 Å². The van der Waals surface area contributed by atoms with Crippen LogP contribution < -0.4 is 4.74 Å². The van der Waals surface area contributed by atoms with Crippen LogP contribution in [-0.2, 0) is 4.79 Å². The minimum atomic E-state index is -0.598. The van der Waals surface area contributed by atoms with E-state index < -0.39 is 22.6 Å². The number of ketones is 2. The molecule has 0 N–H and O–H groups in total. The van der Waals surface area contributed by atoms with Crippen molar-refractivity contribution in [3.8, 4) is 5.75 Å². The van der Waals surface area contributed by atoms with Crippen molar-refractivity contribution >= 4 is 17.5 Å². The van der Waals surface area contributed by atoms with Gasteiger partial charge in [-0.2, -0.15) is 0 Å². The van der Waals surface area contributed by atoms with Crippen LogP contribution in [0.15, 0.2) is 67.3 Å². The highest BCUT2D eigenvalue weighted by Crippen LogP contribution is 2.40. The molecule has 5 nitrogen and oxygen atoms in total. The molecule has 0 radical (unpaired) electrons. The summed E-state index contributed by atoms with van der Waals surface area (Å²) in [5.74, 6) is -0.891. The Labute approximate surface area is 183 Å². The minimum Gasteiger partial charge on any atom is -0.489 e. The topological polar surface area (TPSA) is 63.7 Å². The fraction of sp³-hybridized carbons (Fsp3) is 0.346. The van der Waals surface area contributed by atoms with Gasteiger partial charge in [0.05, 0.1) is 5.56 Å². The van der Waals surface area contributed by atoms with Crippen LogP contribution in [0.2, 0.25) is 0 Å². The molecule has 1 fully saturated rings. The molecule has 162 valence electrons. The second-order valence-electron chi connectivity index (χ2n) is 9.17. The average molecular weight is 420 g/mol. The molecule has 2 aromatic rings. The number of hydrogen-bond donors (Lipinski definition) is 0. The lowest BCUT2D eigenvalue weighted by atomic mass is 9.78. The molecule has 0 aromatic heterocycles. The van der Waals surface area contributed by atoms with Gasteiger partial charge in [0.15, 0.2) is 0 Å². The Hall–Kier alpha value is -3.21. The van der Waals surface area contributed by atoms with Crippen LogP contribution in [0.1, 0.15) is 61.3 Å². The molecule has 1 aliphatic rings. The number of rotatable bonds is 6. The first-order valence-corrected chi connectivity index (χ1v) is 10.4. The maximum Gasteiger partial charge on any atom is 0.246 e. The first-order chi connectivity index (χ1) is 14.6. The summed E-state index contributed by atoms with van der Waals surface area (Å²) in [4.78, 5) is 40.0.